The molecule has 0 aliphatic heterocycles. The fourth-order valence-electron chi connectivity index (χ4n) is 2.34. The van der Waals surface area contributed by atoms with Crippen molar-refractivity contribution < 1.29 is 4.79 Å². The molecule has 0 bridgehead atoms. The zero-order chi connectivity index (χ0) is 11.9. The van der Waals surface area contributed by atoms with Gasteiger partial charge in [-0.05, 0) is 31.2 Å². The molecule has 1 aliphatic rings. The average molecular weight is 226 g/mol. The number of nitrogens with one attached hydrogen (secondary N) is 2. The second-order valence-electron chi connectivity index (χ2n) is 5.32. The van der Waals surface area contributed by atoms with Gasteiger partial charge in [-0.3, -0.25) is 4.79 Å². The van der Waals surface area contributed by atoms with Crippen molar-refractivity contribution in [2.75, 3.05) is 19.6 Å². The molecule has 1 amide bonds. The van der Waals surface area contributed by atoms with Gasteiger partial charge in [0.1, 0.15) is 0 Å². The lowest BCUT2D eigenvalue weighted by Crippen LogP contribution is -2.41. The van der Waals surface area contributed by atoms with E-state index in [9.17, 15) is 4.79 Å². The van der Waals surface area contributed by atoms with E-state index < -0.39 is 0 Å². The standard InChI is InChI=1S/C13H26N2O/c1-3-9-14-10-12(16)15-11-13(2)7-5-4-6-8-13/h14H,3-11H2,1-2H3,(H,15,16). The molecule has 3 nitrogen and oxygen atoms in total. The van der Waals surface area contributed by atoms with E-state index in [1.165, 1.54) is 32.1 Å². The molecular formula is C13H26N2O. The van der Waals surface area contributed by atoms with Gasteiger partial charge in [0.2, 0.25) is 5.91 Å². The molecule has 94 valence electrons. The highest BCUT2D eigenvalue weighted by atomic mass is 16.1. The van der Waals surface area contributed by atoms with E-state index in [-0.39, 0.29) is 5.91 Å². The zero-order valence-electron chi connectivity index (χ0n) is 10.8. The molecule has 0 unspecified atom stereocenters. The minimum atomic E-state index is 0.139. The van der Waals surface area contributed by atoms with Crippen LogP contribution in [0.4, 0.5) is 0 Å². The summed E-state index contributed by atoms with van der Waals surface area (Å²) < 4.78 is 0. The number of amides is 1. The summed E-state index contributed by atoms with van der Waals surface area (Å²) in [7, 11) is 0. The largest absolute Gasteiger partial charge is 0.354 e. The van der Waals surface area contributed by atoms with Gasteiger partial charge in [0, 0.05) is 6.54 Å². The van der Waals surface area contributed by atoms with Crippen LogP contribution in [0.25, 0.3) is 0 Å². The van der Waals surface area contributed by atoms with Crippen molar-refractivity contribution in [1.82, 2.24) is 10.6 Å². The van der Waals surface area contributed by atoms with E-state index in [0.717, 1.165) is 19.5 Å². The minimum Gasteiger partial charge on any atom is -0.354 e. The SMILES string of the molecule is CCCNCC(=O)NCC1(C)CCCCC1. The summed E-state index contributed by atoms with van der Waals surface area (Å²) in [6.07, 6.45) is 7.60. The molecule has 1 rings (SSSR count). The van der Waals surface area contributed by atoms with Crippen LogP contribution in [-0.4, -0.2) is 25.5 Å². The van der Waals surface area contributed by atoms with E-state index in [4.69, 9.17) is 0 Å². The Bertz CT molecular complexity index is 210. The molecule has 0 aromatic carbocycles. The van der Waals surface area contributed by atoms with E-state index in [2.05, 4.69) is 24.5 Å². The molecule has 3 heteroatoms. The molecular weight excluding hydrogens is 200 g/mol. The van der Waals surface area contributed by atoms with Crippen molar-refractivity contribution in [2.45, 2.75) is 52.4 Å². The number of carbonyl (C=O) groups excluding carboxylic acids is 1. The number of rotatable bonds is 6. The Hall–Kier alpha value is -0.570. The lowest BCUT2D eigenvalue weighted by atomic mass is 9.76. The quantitative estimate of drug-likeness (QED) is 0.681. The Balaban J connectivity index is 2.14. The fraction of sp³-hybridized carbons (Fsp3) is 0.923. The highest BCUT2D eigenvalue weighted by molar-refractivity contribution is 5.78. The summed E-state index contributed by atoms with van der Waals surface area (Å²) in [4.78, 5) is 11.5. The highest BCUT2D eigenvalue weighted by Gasteiger charge is 2.26. The smallest absolute Gasteiger partial charge is 0.233 e. The summed E-state index contributed by atoms with van der Waals surface area (Å²) in [6, 6.07) is 0. The average Bonchev–Trinajstić information content (AvgIpc) is 2.28. The molecule has 1 saturated carbocycles. The van der Waals surface area contributed by atoms with Crippen LogP contribution in [0, 0.1) is 5.41 Å². The van der Waals surface area contributed by atoms with E-state index >= 15 is 0 Å². The normalized spacial score (nSPS) is 19.4. The maximum Gasteiger partial charge on any atom is 0.233 e. The molecule has 0 spiro atoms. The van der Waals surface area contributed by atoms with E-state index in [1.807, 2.05) is 0 Å². The highest BCUT2D eigenvalue weighted by Crippen LogP contribution is 2.34. The first-order valence-electron chi connectivity index (χ1n) is 6.64. The predicted octanol–water partition coefficient (Wildman–Crippen LogP) is 2.07. The third kappa shape index (κ3) is 4.97. The third-order valence-corrected chi connectivity index (χ3v) is 3.49. The van der Waals surface area contributed by atoms with Gasteiger partial charge >= 0.3 is 0 Å². The lowest BCUT2D eigenvalue weighted by molar-refractivity contribution is -0.120. The molecule has 1 fully saturated rings. The van der Waals surface area contributed by atoms with Gasteiger partial charge in [0.25, 0.3) is 0 Å². The summed E-state index contributed by atoms with van der Waals surface area (Å²) in [5.74, 6) is 0.139. The van der Waals surface area contributed by atoms with Crippen LogP contribution in [0.2, 0.25) is 0 Å². The van der Waals surface area contributed by atoms with Crippen molar-refractivity contribution in [3.8, 4) is 0 Å². The van der Waals surface area contributed by atoms with Crippen LogP contribution in [0.15, 0.2) is 0 Å². The summed E-state index contributed by atoms with van der Waals surface area (Å²) >= 11 is 0. The molecule has 0 saturated heterocycles. The second-order valence-corrected chi connectivity index (χ2v) is 5.32. The van der Waals surface area contributed by atoms with Gasteiger partial charge in [-0.15, -0.1) is 0 Å². The molecule has 0 aromatic rings. The van der Waals surface area contributed by atoms with Gasteiger partial charge in [0.05, 0.1) is 6.54 Å². The van der Waals surface area contributed by atoms with Crippen molar-refractivity contribution in [3.05, 3.63) is 0 Å². The summed E-state index contributed by atoms with van der Waals surface area (Å²) in [6.45, 7) is 6.63. The predicted molar refractivity (Wildman–Crippen MR) is 67.4 cm³/mol. The molecule has 0 aromatic heterocycles. The third-order valence-electron chi connectivity index (χ3n) is 3.49. The van der Waals surface area contributed by atoms with Crippen molar-refractivity contribution in [1.29, 1.82) is 0 Å². The van der Waals surface area contributed by atoms with Crippen molar-refractivity contribution >= 4 is 5.91 Å². The van der Waals surface area contributed by atoms with Gasteiger partial charge in [-0.25, -0.2) is 0 Å². The molecule has 16 heavy (non-hydrogen) atoms. The number of carbonyl (C=O) groups is 1. The Morgan fingerprint density at radius 3 is 2.56 bits per heavy atom. The Morgan fingerprint density at radius 2 is 1.94 bits per heavy atom. The van der Waals surface area contributed by atoms with Crippen LogP contribution in [0.5, 0.6) is 0 Å². The topological polar surface area (TPSA) is 41.1 Å². The Labute approximate surface area is 99.4 Å². The van der Waals surface area contributed by atoms with Crippen LogP contribution in [0.3, 0.4) is 0 Å². The maximum absolute atomic E-state index is 11.5. The van der Waals surface area contributed by atoms with Gasteiger partial charge < -0.3 is 10.6 Å². The monoisotopic (exact) mass is 226 g/mol. The molecule has 0 radical (unpaired) electrons. The van der Waals surface area contributed by atoms with Gasteiger partial charge in [0.15, 0.2) is 0 Å². The van der Waals surface area contributed by atoms with Gasteiger partial charge in [-0.1, -0.05) is 33.1 Å². The first-order valence-corrected chi connectivity index (χ1v) is 6.64. The fourth-order valence-corrected chi connectivity index (χ4v) is 2.34. The lowest BCUT2D eigenvalue weighted by Gasteiger charge is -2.33. The van der Waals surface area contributed by atoms with Crippen molar-refractivity contribution in [2.24, 2.45) is 5.41 Å². The maximum atomic E-state index is 11.5. The molecule has 0 heterocycles. The Morgan fingerprint density at radius 1 is 1.25 bits per heavy atom. The van der Waals surface area contributed by atoms with Crippen LogP contribution in [0.1, 0.15) is 52.4 Å². The summed E-state index contributed by atoms with van der Waals surface area (Å²) in [5, 5.41) is 6.17. The molecule has 0 atom stereocenters. The van der Waals surface area contributed by atoms with E-state index in [1.54, 1.807) is 0 Å². The minimum absolute atomic E-state index is 0.139. The summed E-state index contributed by atoms with van der Waals surface area (Å²) in [5.41, 5.74) is 0.346. The van der Waals surface area contributed by atoms with Gasteiger partial charge in [-0.2, -0.15) is 0 Å². The Kier molecular flexibility index (Phi) is 5.81. The van der Waals surface area contributed by atoms with E-state index in [0.29, 0.717) is 12.0 Å². The first kappa shape index (κ1) is 13.5. The zero-order valence-corrected chi connectivity index (χ0v) is 10.8. The molecule has 2 N–H and O–H groups in total. The number of hydrogen-bond acceptors (Lipinski definition) is 2. The van der Waals surface area contributed by atoms with Crippen LogP contribution in [-0.2, 0) is 4.79 Å². The van der Waals surface area contributed by atoms with Crippen molar-refractivity contribution in [3.63, 3.8) is 0 Å². The second kappa shape index (κ2) is 6.89. The first-order chi connectivity index (χ1) is 7.66. The number of hydrogen-bond donors (Lipinski definition) is 2. The molecule has 1 aliphatic carbocycles. The van der Waals surface area contributed by atoms with Crippen LogP contribution >= 0.6 is 0 Å². The van der Waals surface area contributed by atoms with Crippen LogP contribution < -0.4 is 10.6 Å².